The Morgan fingerprint density at radius 3 is 2.64 bits per heavy atom. The van der Waals surface area contributed by atoms with Crippen molar-refractivity contribution >= 4 is 28.5 Å². The molecule has 0 radical (unpaired) electrons. The average Bonchev–Trinajstić information content (AvgIpc) is 3.03. The Balaban J connectivity index is 1.92. The Labute approximate surface area is 133 Å². The number of hydrogen-bond donors (Lipinski definition) is 0. The maximum absolute atomic E-state index is 12.2. The van der Waals surface area contributed by atoms with Gasteiger partial charge in [0, 0.05) is 17.9 Å². The largest absolute Gasteiger partial charge is 0.319 e. The second-order valence-electron chi connectivity index (χ2n) is 4.69. The number of nitriles is 1. The summed E-state index contributed by atoms with van der Waals surface area (Å²) in [6.07, 6.45) is 0. The maximum Gasteiger partial charge on any atom is 0.279 e. The summed E-state index contributed by atoms with van der Waals surface area (Å²) in [4.78, 5) is 18.4. The van der Waals surface area contributed by atoms with Crippen molar-refractivity contribution in [3.8, 4) is 6.07 Å². The fraction of sp³-hybridized carbons (Fsp3) is 0.118. The third kappa shape index (κ3) is 2.87. The summed E-state index contributed by atoms with van der Waals surface area (Å²) in [7, 11) is 0. The average molecular weight is 307 g/mol. The molecule has 4 nitrogen and oxygen atoms in total. The highest BCUT2D eigenvalue weighted by atomic mass is 32.2. The van der Waals surface area contributed by atoms with Crippen molar-refractivity contribution in [2.45, 2.75) is 0 Å². The van der Waals surface area contributed by atoms with Gasteiger partial charge in [-0.15, -0.1) is 0 Å². The van der Waals surface area contributed by atoms with Crippen LogP contribution in [0.25, 0.3) is 0 Å². The molecule has 22 heavy (non-hydrogen) atoms. The number of amidine groups is 1. The van der Waals surface area contributed by atoms with Crippen molar-refractivity contribution in [2.75, 3.05) is 17.2 Å². The van der Waals surface area contributed by atoms with Crippen molar-refractivity contribution in [3.63, 3.8) is 0 Å². The van der Waals surface area contributed by atoms with Crippen LogP contribution in [0.15, 0.2) is 59.6 Å². The van der Waals surface area contributed by atoms with Crippen molar-refractivity contribution in [3.05, 3.63) is 65.7 Å². The molecule has 1 aliphatic rings. The fourth-order valence-electron chi connectivity index (χ4n) is 2.25. The number of rotatable bonds is 2. The molecule has 2 aromatic carbocycles. The number of thioether (sulfide) groups is 1. The van der Waals surface area contributed by atoms with Gasteiger partial charge < -0.3 is 4.90 Å². The molecule has 0 aromatic heterocycles. The summed E-state index contributed by atoms with van der Waals surface area (Å²) in [6.45, 7) is 0.740. The summed E-state index contributed by atoms with van der Waals surface area (Å²) in [5.41, 5.74) is 1.95. The number of nitrogens with zero attached hydrogens (tertiary/aromatic N) is 3. The number of para-hydroxylation sites is 1. The first kappa shape index (κ1) is 14.4. The van der Waals surface area contributed by atoms with Gasteiger partial charge in [-0.25, -0.2) is 0 Å². The number of carbonyl (C=O) groups excluding carboxylic acids is 1. The minimum absolute atomic E-state index is 0.260. The lowest BCUT2D eigenvalue weighted by molar-refractivity contribution is 0.100. The number of hydrogen-bond acceptors (Lipinski definition) is 3. The SMILES string of the molecule is N#Cc1ccccc1N1CCSC1=NC(=O)c1ccccc1. The van der Waals surface area contributed by atoms with Gasteiger partial charge in [-0.2, -0.15) is 10.3 Å². The van der Waals surface area contributed by atoms with E-state index in [4.69, 9.17) is 0 Å². The molecule has 0 aliphatic carbocycles. The number of carbonyl (C=O) groups is 1. The molecule has 3 rings (SSSR count). The summed E-state index contributed by atoms with van der Waals surface area (Å²) >= 11 is 1.53. The summed E-state index contributed by atoms with van der Waals surface area (Å²) in [5, 5.41) is 9.88. The molecule has 2 aromatic rings. The normalized spacial score (nSPS) is 15.8. The predicted octanol–water partition coefficient (Wildman–Crippen LogP) is 3.31. The molecule has 0 N–H and O–H groups in total. The van der Waals surface area contributed by atoms with E-state index < -0.39 is 0 Å². The van der Waals surface area contributed by atoms with Crippen LogP contribution in [0.2, 0.25) is 0 Å². The topological polar surface area (TPSA) is 56.5 Å². The molecule has 1 saturated heterocycles. The number of amides is 1. The zero-order valence-corrected chi connectivity index (χ0v) is 12.6. The van der Waals surface area contributed by atoms with Gasteiger partial charge in [0.2, 0.25) is 0 Å². The minimum Gasteiger partial charge on any atom is -0.319 e. The first-order chi connectivity index (χ1) is 10.8. The quantitative estimate of drug-likeness (QED) is 0.854. The summed E-state index contributed by atoms with van der Waals surface area (Å²) in [6, 6.07) is 18.6. The van der Waals surface area contributed by atoms with Crippen molar-refractivity contribution in [2.24, 2.45) is 4.99 Å². The molecule has 0 saturated carbocycles. The minimum atomic E-state index is -0.260. The van der Waals surface area contributed by atoms with Crippen molar-refractivity contribution in [1.82, 2.24) is 0 Å². The third-order valence-corrected chi connectivity index (χ3v) is 4.27. The van der Waals surface area contributed by atoms with Crippen LogP contribution in [-0.2, 0) is 0 Å². The van der Waals surface area contributed by atoms with E-state index in [0.717, 1.165) is 18.0 Å². The molecule has 0 spiro atoms. The smallest absolute Gasteiger partial charge is 0.279 e. The van der Waals surface area contributed by atoms with E-state index in [1.165, 1.54) is 11.8 Å². The van der Waals surface area contributed by atoms with Crippen LogP contribution in [0.4, 0.5) is 5.69 Å². The van der Waals surface area contributed by atoms with Crippen LogP contribution in [-0.4, -0.2) is 23.4 Å². The van der Waals surface area contributed by atoms with Crippen LogP contribution in [0.3, 0.4) is 0 Å². The molecule has 1 amide bonds. The first-order valence-corrected chi connectivity index (χ1v) is 7.85. The van der Waals surface area contributed by atoms with E-state index in [1.54, 1.807) is 18.2 Å². The van der Waals surface area contributed by atoms with Gasteiger partial charge in [-0.3, -0.25) is 4.79 Å². The summed E-state index contributed by atoms with van der Waals surface area (Å²) < 4.78 is 0. The number of benzene rings is 2. The standard InChI is InChI=1S/C17H13N3OS/c18-12-14-8-4-5-9-15(14)20-10-11-22-17(20)19-16(21)13-6-2-1-3-7-13/h1-9H,10-11H2. The van der Waals surface area contributed by atoms with Gasteiger partial charge >= 0.3 is 0 Å². The number of anilines is 1. The van der Waals surface area contributed by atoms with E-state index in [9.17, 15) is 10.1 Å². The summed E-state index contributed by atoms with van der Waals surface area (Å²) in [5.74, 6) is 0.588. The van der Waals surface area contributed by atoms with Crippen LogP contribution >= 0.6 is 11.8 Å². The molecule has 5 heteroatoms. The van der Waals surface area contributed by atoms with Gasteiger partial charge in [-0.05, 0) is 24.3 Å². The van der Waals surface area contributed by atoms with E-state index in [0.29, 0.717) is 16.3 Å². The molecular weight excluding hydrogens is 294 g/mol. The Morgan fingerprint density at radius 2 is 1.86 bits per heavy atom. The van der Waals surface area contributed by atoms with Crippen LogP contribution in [0.5, 0.6) is 0 Å². The zero-order chi connectivity index (χ0) is 15.4. The zero-order valence-electron chi connectivity index (χ0n) is 11.8. The lowest BCUT2D eigenvalue weighted by Crippen LogP contribution is -2.25. The lowest BCUT2D eigenvalue weighted by atomic mass is 10.2. The second kappa shape index (κ2) is 6.46. The van der Waals surface area contributed by atoms with Crippen LogP contribution in [0, 0.1) is 11.3 Å². The molecule has 108 valence electrons. The van der Waals surface area contributed by atoms with E-state index >= 15 is 0 Å². The van der Waals surface area contributed by atoms with E-state index in [1.807, 2.05) is 41.3 Å². The van der Waals surface area contributed by atoms with Crippen molar-refractivity contribution in [1.29, 1.82) is 5.26 Å². The van der Waals surface area contributed by atoms with Gasteiger partial charge in [0.1, 0.15) is 6.07 Å². The highest BCUT2D eigenvalue weighted by Gasteiger charge is 2.24. The van der Waals surface area contributed by atoms with E-state index in [2.05, 4.69) is 11.1 Å². The molecule has 0 unspecified atom stereocenters. The van der Waals surface area contributed by atoms with Crippen LogP contribution < -0.4 is 4.90 Å². The molecule has 0 bridgehead atoms. The van der Waals surface area contributed by atoms with Crippen LogP contribution in [0.1, 0.15) is 15.9 Å². The van der Waals surface area contributed by atoms with Gasteiger partial charge in [0.15, 0.2) is 5.17 Å². The monoisotopic (exact) mass is 307 g/mol. The Kier molecular flexibility index (Phi) is 4.22. The van der Waals surface area contributed by atoms with E-state index in [-0.39, 0.29) is 5.91 Å². The van der Waals surface area contributed by atoms with Gasteiger partial charge in [-0.1, -0.05) is 42.1 Å². The number of aliphatic imine (C=N–C) groups is 1. The third-order valence-electron chi connectivity index (χ3n) is 3.31. The van der Waals surface area contributed by atoms with Crippen molar-refractivity contribution < 1.29 is 4.79 Å². The first-order valence-electron chi connectivity index (χ1n) is 6.87. The highest BCUT2D eigenvalue weighted by molar-refractivity contribution is 8.14. The molecular formula is C17H13N3OS. The van der Waals surface area contributed by atoms with Gasteiger partial charge in [0.25, 0.3) is 5.91 Å². The fourth-order valence-corrected chi connectivity index (χ4v) is 3.20. The highest BCUT2D eigenvalue weighted by Crippen LogP contribution is 2.28. The van der Waals surface area contributed by atoms with Gasteiger partial charge in [0.05, 0.1) is 11.3 Å². The predicted molar refractivity (Wildman–Crippen MR) is 89.2 cm³/mol. The maximum atomic E-state index is 12.2. The molecule has 0 atom stereocenters. The Morgan fingerprint density at radius 1 is 1.14 bits per heavy atom. The Bertz CT molecular complexity index is 765. The Hall–Kier alpha value is -2.58. The molecule has 1 aliphatic heterocycles. The second-order valence-corrected chi connectivity index (χ2v) is 5.76. The molecule has 1 heterocycles. The lowest BCUT2D eigenvalue weighted by Gasteiger charge is -2.18. The molecule has 1 fully saturated rings.